The van der Waals surface area contributed by atoms with Crippen LogP contribution in [0, 0.1) is 17.0 Å². The highest BCUT2D eigenvalue weighted by molar-refractivity contribution is 7.89. The zero-order valence-corrected chi connectivity index (χ0v) is 12.9. The lowest BCUT2D eigenvalue weighted by Gasteiger charge is -2.23. The summed E-state index contributed by atoms with van der Waals surface area (Å²) in [6, 6.07) is 3.49. The highest BCUT2D eigenvalue weighted by atomic mass is 32.2. The summed E-state index contributed by atoms with van der Waals surface area (Å²) >= 11 is 0. The van der Waals surface area contributed by atoms with Crippen molar-refractivity contribution in [1.29, 1.82) is 0 Å². The third-order valence-corrected chi connectivity index (χ3v) is 4.56. The number of nitrogens with zero attached hydrogens (tertiary/aromatic N) is 1. The summed E-state index contributed by atoms with van der Waals surface area (Å²) in [6.45, 7) is 4.18. The van der Waals surface area contributed by atoms with Crippen LogP contribution in [0.3, 0.4) is 0 Å². The number of methoxy groups -OCH3 is 1. The van der Waals surface area contributed by atoms with Gasteiger partial charge in [0.25, 0.3) is 5.69 Å². The molecule has 0 bridgehead atoms. The number of aryl methyl sites for hydroxylation is 1. The van der Waals surface area contributed by atoms with Gasteiger partial charge < -0.3 is 4.74 Å². The molecule has 0 heterocycles. The van der Waals surface area contributed by atoms with Crippen molar-refractivity contribution in [3.8, 4) is 0 Å². The number of nitro benzene ring substituents is 1. The van der Waals surface area contributed by atoms with E-state index in [0.29, 0.717) is 5.56 Å². The molecule has 1 aromatic carbocycles. The van der Waals surface area contributed by atoms with E-state index in [1.807, 2.05) is 0 Å². The monoisotopic (exact) mass is 316 g/mol. The van der Waals surface area contributed by atoms with Crippen LogP contribution in [0.5, 0.6) is 0 Å². The molecule has 1 aromatic rings. The number of hydrogen-bond donors (Lipinski definition) is 1. The van der Waals surface area contributed by atoms with Crippen LogP contribution in [-0.2, 0) is 19.6 Å². The van der Waals surface area contributed by atoms with E-state index in [0.717, 1.165) is 13.2 Å². The van der Waals surface area contributed by atoms with Crippen molar-refractivity contribution in [3.05, 3.63) is 33.9 Å². The lowest BCUT2D eigenvalue weighted by atomic mass is 10.1. The van der Waals surface area contributed by atoms with Crippen LogP contribution in [-0.4, -0.2) is 32.0 Å². The first kappa shape index (κ1) is 17.1. The maximum absolute atomic E-state index is 12.3. The quantitative estimate of drug-likeness (QED) is 0.494. The van der Waals surface area contributed by atoms with Gasteiger partial charge in [-0.1, -0.05) is 6.07 Å². The molecule has 9 heteroatoms. The Labute approximate surface area is 122 Å². The second-order valence-corrected chi connectivity index (χ2v) is 6.58. The molecule has 0 aliphatic rings. The molecule has 0 fully saturated rings. The normalized spacial score (nSPS) is 12.0. The van der Waals surface area contributed by atoms with E-state index < -0.39 is 26.5 Å². The summed E-state index contributed by atoms with van der Waals surface area (Å²) in [7, 11) is -2.98. The van der Waals surface area contributed by atoms with Crippen LogP contribution in [0.15, 0.2) is 23.1 Å². The summed E-state index contributed by atoms with van der Waals surface area (Å²) < 4.78 is 31.3. The molecule has 0 atom stereocenters. The zero-order valence-electron chi connectivity index (χ0n) is 12.0. The van der Waals surface area contributed by atoms with Gasteiger partial charge in [0.2, 0.25) is 10.0 Å². The second kappa shape index (κ2) is 5.78. The highest BCUT2D eigenvalue weighted by Crippen LogP contribution is 2.23. The van der Waals surface area contributed by atoms with Crippen LogP contribution >= 0.6 is 0 Å². The van der Waals surface area contributed by atoms with Gasteiger partial charge in [0, 0.05) is 12.1 Å². The first-order chi connectivity index (χ1) is 9.51. The maximum atomic E-state index is 12.3. The number of carbonyl (C=O) groups excluding carboxylic acids is 1. The van der Waals surface area contributed by atoms with Crippen molar-refractivity contribution in [1.82, 2.24) is 4.72 Å². The Hall–Kier alpha value is -2.00. The number of carbonyl (C=O) groups is 1. The van der Waals surface area contributed by atoms with Crippen LogP contribution in [0.25, 0.3) is 0 Å². The van der Waals surface area contributed by atoms with Crippen LogP contribution in [0.4, 0.5) is 5.69 Å². The number of rotatable bonds is 5. The van der Waals surface area contributed by atoms with E-state index >= 15 is 0 Å². The summed E-state index contributed by atoms with van der Waals surface area (Å²) in [4.78, 5) is 21.3. The third-order valence-electron chi connectivity index (χ3n) is 2.76. The summed E-state index contributed by atoms with van der Waals surface area (Å²) in [5.41, 5.74) is -1.52. The van der Waals surface area contributed by atoms with Gasteiger partial charge in [-0.15, -0.1) is 0 Å². The lowest BCUT2D eigenvalue weighted by molar-refractivity contribution is -0.385. The number of esters is 1. The number of non-ortho nitro benzene ring substituents is 1. The largest absolute Gasteiger partial charge is 0.468 e. The molecule has 0 unspecified atom stereocenters. The molecular weight excluding hydrogens is 300 g/mol. The number of sulfonamides is 1. The van der Waals surface area contributed by atoms with Gasteiger partial charge in [0.1, 0.15) is 5.54 Å². The molecule has 1 rings (SSSR count). The number of nitrogens with one attached hydrogen (secondary N) is 1. The molecule has 0 aliphatic heterocycles. The Bertz CT molecular complexity index is 681. The zero-order chi connectivity index (χ0) is 16.4. The van der Waals surface area contributed by atoms with Gasteiger partial charge in [0.15, 0.2) is 0 Å². The van der Waals surface area contributed by atoms with E-state index in [4.69, 9.17) is 0 Å². The van der Waals surface area contributed by atoms with Gasteiger partial charge in [-0.25, -0.2) is 8.42 Å². The summed E-state index contributed by atoms with van der Waals surface area (Å²) in [5.74, 6) is -0.769. The van der Waals surface area contributed by atoms with Crippen LogP contribution in [0.2, 0.25) is 0 Å². The molecule has 116 valence electrons. The molecule has 0 saturated heterocycles. The molecular formula is C12H16N2O6S. The van der Waals surface area contributed by atoms with Gasteiger partial charge >= 0.3 is 5.97 Å². The van der Waals surface area contributed by atoms with Crippen molar-refractivity contribution in [2.24, 2.45) is 0 Å². The van der Waals surface area contributed by atoms with Crippen LogP contribution < -0.4 is 4.72 Å². The summed E-state index contributed by atoms with van der Waals surface area (Å²) in [5, 5.41) is 10.7. The topological polar surface area (TPSA) is 116 Å². The minimum Gasteiger partial charge on any atom is -0.468 e. The predicted octanol–water partition coefficient (Wildman–Crippen LogP) is 1.13. The Kier molecular flexibility index (Phi) is 4.69. The fraction of sp³-hybridized carbons (Fsp3) is 0.417. The van der Waals surface area contributed by atoms with Crippen molar-refractivity contribution in [2.45, 2.75) is 31.2 Å². The van der Waals surface area contributed by atoms with Crippen molar-refractivity contribution >= 4 is 21.7 Å². The fourth-order valence-electron chi connectivity index (χ4n) is 1.68. The second-order valence-electron chi connectivity index (χ2n) is 4.93. The molecule has 8 nitrogen and oxygen atoms in total. The number of nitro groups is 1. The lowest BCUT2D eigenvalue weighted by Crippen LogP contribution is -2.50. The Morgan fingerprint density at radius 1 is 1.38 bits per heavy atom. The molecule has 1 N–H and O–H groups in total. The molecule has 0 aliphatic carbocycles. The number of hydrogen-bond acceptors (Lipinski definition) is 6. The standard InChI is InChI=1S/C12H16N2O6S/c1-8-5-6-9(14(16)17)7-10(8)21(18,19)13-12(2,3)11(15)20-4/h5-7,13H,1-4H3. The molecule has 21 heavy (non-hydrogen) atoms. The molecule has 0 aromatic heterocycles. The number of ether oxygens (including phenoxy) is 1. The van der Waals surface area contributed by atoms with Crippen molar-refractivity contribution in [2.75, 3.05) is 7.11 Å². The van der Waals surface area contributed by atoms with Gasteiger partial charge in [-0.3, -0.25) is 14.9 Å². The van der Waals surface area contributed by atoms with E-state index in [9.17, 15) is 23.3 Å². The molecule has 0 spiro atoms. The van der Waals surface area contributed by atoms with E-state index in [2.05, 4.69) is 9.46 Å². The third kappa shape index (κ3) is 3.76. The maximum Gasteiger partial charge on any atom is 0.326 e. The molecule has 0 amide bonds. The van der Waals surface area contributed by atoms with E-state index in [-0.39, 0.29) is 10.6 Å². The minimum atomic E-state index is -4.12. The van der Waals surface area contributed by atoms with Gasteiger partial charge in [-0.2, -0.15) is 4.72 Å². The van der Waals surface area contributed by atoms with Crippen LogP contribution in [0.1, 0.15) is 19.4 Å². The Balaban J connectivity index is 3.29. The minimum absolute atomic E-state index is 0.256. The SMILES string of the molecule is COC(=O)C(C)(C)NS(=O)(=O)c1cc([N+](=O)[O-])ccc1C. The first-order valence-electron chi connectivity index (χ1n) is 5.88. The van der Waals surface area contributed by atoms with Gasteiger partial charge in [-0.05, 0) is 26.3 Å². The molecule has 0 saturated carbocycles. The number of benzene rings is 1. The predicted molar refractivity (Wildman–Crippen MR) is 74.2 cm³/mol. The summed E-state index contributed by atoms with van der Waals surface area (Å²) in [6.07, 6.45) is 0. The average Bonchev–Trinajstić information content (AvgIpc) is 2.36. The van der Waals surface area contributed by atoms with Crippen molar-refractivity contribution in [3.63, 3.8) is 0 Å². The smallest absolute Gasteiger partial charge is 0.326 e. The molecule has 0 radical (unpaired) electrons. The van der Waals surface area contributed by atoms with Crippen molar-refractivity contribution < 1.29 is 22.9 Å². The van der Waals surface area contributed by atoms with E-state index in [1.54, 1.807) is 0 Å². The Morgan fingerprint density at radius 2 is 1.95 bits per heavy atom. The fourth-order valence-corrected chi connectivity index (χ4v) is 3.31. The Morgan fingerprint density at radius 3 is 2.43 bits per heavy atom. The first-order valence-corrected chi connectivity index (χ1v) is 7.37. The highest BCUT2D eigenvalue weighted by Gasteiger charge is 2.35. The average molecular weight is 316 g/mol. The van der Waals surface area contributed by atoms with E-state index in [1.165, 1.54) is 32.9 Å². The van der Waals surface area contributed by atoms with Gasteiger partial charge in [0.05, 0.1) is 16.9 Å².